The topological polar surface area (TPSA) is 101 Å². The zero-order chi connectivity index (χ0) is 19.3. The van der Waals surface area contributed by atoms with Crippen molar-refractivity contribution in [3.8, 4) is 23.3 Å². The molecule has 0 saturated heterocycles. The molecule has 1 N–H and O–H groups in total. The van der Waals surface area contributed by atoms with Gasteiger partial charge in [0.05, 0.1) is 28.7 Å². The molecular weight excluding hydrogens is 354 g/mol. The van der Waals surface area contributed by atoms with Gasteiger partial charge in [-0.3, -0.25) is 10.1 Å². The zero-order valence-corrected chi connectivity index (χ0v) is 15.5. The number of oxazole rings is 1. The van der Waals surface area contributed by atoms with E-state index in [9.17, 15) is 5.26 Å². The molecular formula is C21H17N5O2. The largest absolute Gasteiger partial charge is 0.484 e. The summed E-state index contributed by atoms with van der Waals surface area (Å²) in [6.07, 6.45) is 4.61. The molecule has 0 spiro atoms. The van der Waals surface area contributed by atoms with Gasteiger partial charge in [-0.2, -0.15) is 10.4 Å². The maximum absolute atomic E-state index is 9.37. The maximum Gasteiger partial charge on any atom is 0.181 e. The first-order chi connectivity index (χ1) is 13.7. The van der Waals surface area contributed by atoms with Crippen LogP contribution < -0.4 is 4.74 Å². The summed E-state index contributed by atoms with van der Waals surface area (Å²) in [7, 11) is 0. The number of pyridine rings is 1. The number of hydrogen-bond acceptors (Lipinski definition) is 6. The van der Waals surface area contributed by atoms with Crippen molar-refractivity contribution in [3.05, 3.63) is 58.9 Å². The van der Waals surface area contributed by atoms with Crippen molar-refractivity contribution in [2.24, 2.45) is 0 Å². The van der Waals surface area contributed by atoms with E-state index in [0.717, 1.165) is 52.0 Å². The van der Waals surface area contributed by atoms with Crippen molar-refractivity contribution in [3.63, 3.8) is 0 Å². The second-order valence-electron chi connectivity index (χ2n) is 6.96. The molecule has 1 aliphatic rings. The summed E-state index contributed by atoms with van der Waals surface area (Å²) in [5.74, 6) is 1.35. The first kappa shape index (κ1) is 16.5. The summed E-state index contributed by atoms with van der Waals surface area (Å²) < 4.78 is 11.7. The van der Waals surface area contributed by atoms with Crippen LogP contribution in [-0.2, 0) is 6.42 Å². The zero-order valence-electron chi connectivity index (χ0n) is 15.5. The molecule has 5 rings (SSSR count). The van der Waals surface area contributed by atoms with Crippen molar-refractivity contribution in [2.75, 3.05) is 0 Å². The van der Waals surface area contributed by atoms with Crippen molar-refractivity contribution < 1.29 is 9.15 Å². The summed E-state index contributed by atoms with van der Waals surface area (Å²) >= 11 is 0. The number of nitrogens with one attached hydrogen (secondary N) is 1. The molecule has 7 heteroatoms. The Morgan fingerprint density at radius 1 is 1.32 bits per heavy atom. The minimum Gasteiger partial charge on any atom is -0.484 e. The van der Waals surface area contributed by atoms with Crippen LogP contribution in [0.15, 0.2) is 35.2 Å². The molecule has 7 nitrogen and oxygen atoms in total. The molecule has 0 radical (unpaired) electrons. The molecule has 0 bridgehead atoms. The number of H-pyrrole nitrogens is 1. The van der Waals surface area contributed by atoms with E-state index in [1.807, 2.05) is 32.0 Å². The molecule has 0 amide bonds. The van der Waals surface area contributed by atoms with E-state index in [1.54, 1.807) is 6.20 Å². The Kier molecular flexibility index (Phi) is 3.66. The summed E-state index contributed by atoms with van der Waals surface area (Å²) in [6.45, 7) is 3.87. The third kappa shape index (κ3) is 2.46. The van der Waals surface area contributed by atoms with Crippen molar-refractivity contribution in [2.45, 2.75) is 32.8 Å². The van der Waals surface area contributed by atoms with Gasteiger partial charge in [0.15, 0.2) is 12.2 Å². The number of rotatable bonds is 3. The van der Waals surface area contributed by atoms with Gasteiger partial charge in [-0.05, 0) is 56.0 Å². The first-order valence-electron chi connectivity index (χ1n) is 9.09. The minimum atomic E-state index is -0.127. The molecule has 0 unspecified atom stereocenters. The number of aryl methyl sites for hydroxylation is 1. The van der Waals surface area contributed by atoms with Crippen LogP contribution in [-0.4, -0.2) is 20.2 Å². The van der Waals surface area contributed by atoms with E-state index in [2.05, 4.69) is 26.2 Å². The quantitative estimate of drug-likeness (QED) is 0.580. The predicted molar refractivity (Wildman–Crippen MR) is 102 cm³/mol. The molecule has 3 aromatic heterocycles. The van der Waals surface area contributed by atoms with E-state index in [0.29, 0.717) is 17.0 Å². The molecule has 1 atom stereocenters. The number of ether oxygens (including phenoxy) is 1. The van der Waals surface area contributed by atoms with Gasteiger partial charge in [-0.15, -0.1) is 0 Å². The fourth-order valence-corrected chi connectivity index (χ4v) is 3.94. The fourth-order valence-electron chi connectivity index (χ4n) is 3.94. The summed E-state index contributed by atoms with van der Waals surface area (Å²) in [5.41, 5.74) is 6.13. The van der Waals surface area contributed by atoms with Crippen molar-refractivity contribution >= 4 is 10.9 Å². The minimum absolute atomic E-state index is 0.127. The third-order valence-electron chi connectivity index (χ3n) is 5.34. The van der Waals surface area contributed by atoms with Crippen molar-refractivity contribution in [1.82, 2.24) is 20.2 Å². The molecule has 1 aliphatic carbocycles. The highest BCUT2D eigenvalue weighted by molar-refractivity contribution is 5.92. The normalized spacial score (nSPS) is 15.5. The highest BCUT2D eigenvalue weighted by Crippen LogP contribution is 2.38. The van der Waals surface area contributed by atoms with Gasteiger partial charge in [-0.1, -0.05) is 0 Å². The van der Waals surface area contributed by atoms with Crippen LogP contribution in [0.2, 0.25) is 0 Å². The Labute approximate surface area is 161 Å². The second-order valence-corrected chi connectivity index (χ2v) is 6.96. The highest BCUT2D eigenvalue weighted by atomic mass is 16.5. The van der Waals surface area contributed by atoms with Crippen LogP contribution in [0.25, 0.3) is 22.4 Å². The SMILES string of the molecule is Cc1nc2c(c(C)c1C#N)CC[C@@H]2Oc1ccc2[nH]nc(-c3cnco3)c2c1. The number of nitriles is 1. The Bertz CT molecular complexity index is 1230. The number of fused-ring (bicyclic) bond motifs is 2. The standard InChI is InChI=1S/C21H17N5O2/c1-11-14-4-6-18(20(14)24-12(2)16(11)8-22)28-13-3-5-17-15(7-13)21(26-25-17)19-9-23-10-27-19/h3,5,7,9-10,18H,4,6H2,1-2H3,(H,25,26)/t18-/m0/s1. The molecule has 138 valence electrons. The van der Waals surface area contributed by atoms with Crippen LogP contribution >= 0.6 is 0 Å². The number of benzene rings is 1. The van der Waals surface area contributed by atoms with E-state index in [1.165, 1.54) is 6.39 Å². The number of aromatic amines is 1. The Balaban J connectivity index is 1.51. The number of aromatic nitrogens is 4. The maximum atomic E-state index is 9.37. The van der Waals surface area contributed by atoms with Crippen LogP contribution in [0.1, 0.15) is 40.6 Å². The molecule has 0 aliphatic heterocycles. The molecule has 1 aromatic carbocycles. The number of hydrogen-bond donors (Lipinski definition) is 1. The Morgan fingerprint density at radius 2 is 2.21 bits per heavy atom. The van der Waals surface area contributed by atoms with Gasteiger partial charge in [0.2, 0.25) is 0 Å². The predicted octanol–water partition coefficient (Wildman–Crippen LogP) is 4.17. The molecule has 0 fully saturated rings. The van der Waals surface area contributed by atoms with E-state index >= 15 is 0 Å². The van der Waals surface area contributed by atoms with E-state index in [4.69, 9.17) is 9.15 Å². The highest BCUT2D eigenvalue weighted by Gasteiger charge is 2.29. The first-order valence-corrected chi connectivity index (χ1v) is 9.09. The monoisotopic (exact) mass is 371 g/mol. The average molecular weight is 371 g/mol. The smallest absolute Gasteiger partial charge is 0.181 e. The van der Waals surface area contributed by atoms with Crippen LogP contribution in [0.3, 0.4) is 0 Å². The Morgan fingerprint density at radius 3 is 3.00 bits per heavy atom. The van der Waals surface area contributed by atoms with E-state index < -0.39 is 0 Å². The van der Waals surface area contributed by atoms with Crippen molar-refractivity contribution in [1.29, 1.82) is 5.26 Å². The lowest BCUT2D eigenvalue weighted by molar-refractivity contribution is 0.203. The van der Waals surface area contributed by atoms with Gasteiger partial charge in [0.1, 0.15) is 23.6 Å². The molecule has 28 heavy (non-hydrogen) atoms. The lowest BCUT2D eigenvalue weighted by atomic mass is 10.0. The summed E-state index contributed by atoms with van der Waals surface area (Å²) in [4.78, 5) is 8.65. The average Bonchev–Trinajstić information content (AvgIpc) is 3.42. The molecule has 3 heterocycles. The van der Waals surface area contributed by atoms with Gasteiger partial charge in [-0.25, -0.2) is 4.98 Å². The van der Waals surface area contributed by atoms with Crippen LogP contribution in [0.4, 0.5) is 0 Å². The second kappa shape index (κ2) is 6.20. The van der Waals surface area contributed by atoms with Gasteiger partial charge < -0.3 is 9.15 Å². The van der Waals surface area contributed by atoms with E-state index in [-0.39, 0.29) is 6.10 Å². The van der Waals surface area contributed by atoms with Crippen LogP contribution in [0, 0.1) is 25.2 Å². The van der Waals surface area contributed by atoms with Gasteiger partial charge in [0, 0.05) is 5.39 Å². The fraction of sp³-hybridized carbons (Fsp3) is 0.238. The summed E-state index contributed by atoms with van der Waals surface area (Å²) in [5, 5.41) is 17.6. The Hall–Kier alpha value is -3.66. The third-order valence-corrected chi connectivity index (χ3v) is 5.34. The molecule has 0 saturated carbocycles. The lowest BCUT2D eigenvalue weighted by Gasteiger charge is -2.16. The number of nitrogens with zero attached hydrogens (tertiary/aromatic N) is 4. The molecule has 4 aromatic rings. The lowest BCUT2D eigenvalue weighted by Crippen LogP contribution is -2.08. The summed E-state index contributed by atoms with van der Waals surface area (Å²) in [6, 6.07) is 8.09. The van der Waals surface area contributed by atoms with Gasteiger partial charge in [0.25, 0.3) is 0 Å². The van der Waals surface area contributed by atoms with Gasteiger partial charge >= 0.3 is 0 Å². The van der Waals surface area contributed by atoms with Crippen LogP contribution in [0.5, 0.6) is 5.75 Å².